The predicted molar refractivity (Wildman–Crippen MR) is 37.9 cm³/mol. The van der Waals surface area contributed by atoms with Crippen molar-refractivity contribution in [2.75, 3.05) is 0 Å². The number of aliphatic hydroxyl groups excluding tert-OH is 3. The monoisotopic (exact) mass is 162 g/mol. The van der Waals surface area contributed by atoms with Gasteiger partial charge in [0, 0.05) is 12.8 Å². The topological polar surface area (TPSA) is 80.9 Å². The van der Waals surface area contributed by atoms with Crippen molar-refractivity contribution in [3.63, 3.8) is 0 Å². The molecule has 4 nitrogen and oxygen atoms in total. The van der Waals surface area contributed by atoms with Crippen molar-refractivity contribution in [3.05, 3.63) is 0 Å². The maximum atomic E-state index is 9.40. The van der Waals surface area contributed by atoms with E-state index < -0.39 is 23.9 Å². The SMILES string of the molecule is C[C@@]1(O)C[C@@H](O)C(O)[C@@H](O)C1. The molecule has 0 bridgehead atoms. The number of hydrogen-bond donors (Lipinski definition) is 4. The Balaban J connectivity index is 2.62. The number of aliphatic hydroxyl groups is 4. The molecule has 0 spiro atoms. The van der Waals surface area contributed by atoms with E-state index in [1.165, 1.54) is 6.92 Å². The smallest absolute Gasteiger partial charge is 0.106 e. The molecular formula is C7H14O4. The van der Waals surface area contributed by atoms with E-state index in [9.17, 15) is 5.11 Å². The molecule has 4 N–H and O–H groups in total. The summed E-state index contributed by atoms with van der Waals surface area (Å²) in [5.41, 5.74) is -1.06. The van der Waals surface area contributed by atoms with E-state index in [1.54, 1.807) is 0 Å². The van der Waals surface area contributed by atoms with E-state index in [4.69, 9.17) is 15.3 Å². The quantitative estimate of drug-likeness (QED) is 0.353. The molecule has 0 aromatic heterocycles. The fraction of sp³-hybridized carbons (Fsp3) is 1.00. The minimum absolute atomic E-state index is 0.116. The summed E-state index contributed by atoms with van der Waals surface area (Å²) in [6.07, 6.45) is -2.92. The van der Waals surface area contributed by atoms with Crippen molar-refractivity contribution < 1.29 is 20.4 Å². The van der Waals surface area contributed by atoms with E-state index in [1.807, 2.05) is 0 Å². The van der Waals surface area contributed by atoms with Gasteiger partial charge in [0.25, 0.3) is 0 Å². The maximum absolute atomic E-state index is 9.40. The van der Waals surface area contributed by atoms with Crippen LogP contribution >= 0.6 is 0 Å². The Morgan fingerprint density at radius 1 is 1.09 bits per heavy atom. The first-order chi connectivity index (χ1) is 4.92. The third-order valence-electron chi connectivity index (χ3n) is 2.09. The molecule has 0 heterocycles. The molecule has 0 aliphatic heterocycles. The van der Waals surface area contributed by atoms with E-state index in [-0.39, 0.29) is 12.8 Å². The first kappa shape index (κ1) is 8.93. The van der Waals surface area contributed by atoms with Crippen LogP contribution in [-0.2, 0) is 0 Å². The second-order valence-corrected chi connectivity index (χ2v) is 3.53. The van der Waals surface area contributed by atoms with Crippen LogP contribution in [0.2, 0.25) is 0 Å². The molecule has 0 aromatic carbocycles. The van der Waals surface area contributed by atoms with Crippen LogP contribution in [0, 0.1) is 0 Å². The van der Waals surface area contributed by atoms with Crippen LogP contribution in [0.3, 0.4) is 0 Å². The Morgan fingerprint density at radius 2 is 1.45 bits per heavy atom. The van der Waals surface area contributed by atoms with Crippen molar-refractivity contribution in [2.24, 2.45) is 0 Å². The molecule has 1 aliphatic carbocycles. The van der Waals surface area contributed by atoms with Gasteiger partial charge >= 0.3 is 0 Å². The second kappa shape index (κ2) is 2.71. The molecule has 0 aromatic rings. The summed E-state index contributed by atoms with van der Waals surface area (Å²) in [7, 11) is 0. The molecule has 1 saturated carbocycles. The summed E-state index contributed by atoms with van der Waals surface area (Å²) in [6.45, 7) is 1.53. The first-order valence-electron chi connectivity index (χ1n) is 3.69. The highest BCUT2D eigenvalue weighted by molar-refractivity contribution is 4.92. The van der Waals surface area contributed by atoms with Crippen molar-refractivity contribution in [3.8, 4) is 0 Å². The lowest BCUT2D eigenvalue weighted by Gasteiger charge is -2.37. The van der Waals surface area contributed by atoms with Crippen molar-refractivity contribution >= 4 is 0 Å². The van der Waals surface area contributed by atoms with Gasteiger partial charge in [0.2, 0.25) is 0 Å². The average molecular weight is 162 g/mol. The molecular weight excluding hydrogens is 148 g/mol. The molecule has 0 saturated heterocycles. The fourth-order valence-corrected chi connectivity index (χ4v) is 1.48. The van der Waals surface area contributed by atoms with Gasteiger partial charge in [-0.25, -0.2) is 0 Å². The summed E-state index contributed by atoms with van der Waals surface area (Å²) >= 11 is 0. The van der Waals surface area contributed by atoms with Crippen molar-refractivity contribution in [1.29, 1.82) is 0 Å². The highest BCUT2D eigenvalue weighted by atomic mass is 16.4. The van der Waals surface area contributed by atoms with Gasteiger partial charge in [-0.2, -0.15) is 0 Å². The van der Waals surface area contributed by atoms with Crippen LogP contribution in [0.15, 0.2) is 0 Å². The predicted octanol–water partition coefficient (Wildman–Crippen LogP) is -1.39. The summed E-state index contributed by atoms with van der Waals surface area (Å²) in [6, 6.07) is 0. The highest BCUT2D eigenvalue weighted by Crippen LogP contribution is 2.28. The lowest BCUT2D eigenvalue weighted by Crippen LogP contribution is -2.51. The van der Waals surface area contributed by atoms with Gasteiger partial charge in [0.15, 0.2) is 0 Å². The Labute approximate surface area is 65.1 Å². The third-order valence-corrected chi connectivity index (χ3v) is 2.09. The highest BCUT2D eigenvalue weighted by Gasteiger charge is 2.40. The molecule has 0 radical (unpaired) electrons. The first-order valence-corrected chi connectivity index (χ1v) is 3.69. The molecule has 66 valence electrons. The summed E-state index contributed by atoms with van der Waals surface area (Å²) < 4.78 is 0. The zero-order valence-corrected chi connectivity index (χ0v) is 6.44. The van der Waals surface area contributed by atoms with Gasteiger partial charge < -0.3 is 20.4 Å². The normalized spacial score (nSPS) is 52.6. The largest absolute Gasteiger partial charge is 0.390 e. The van der Waals surface area contributed by atoms with Crippen LogP contribution in [0.1, 0.15) is 19.8 Å². The van der Waals surface area contributed by atoms with Crippen LogP contribution in [-0.4, -0.2) is 44.3 Å². The van der Waals surface area contributed by atoms with E-state index in [0.29, 0.717) is 0 Å². The van der Waals surface area contributed by atoms with Gasteiger partial charge in [-0.15, -0.1) is 0 Å². The molecule has 1 aliphatic rings. The molecule has 0 amide bonds. The fourth-order valence-electron chi connectivity index (χ4n) is 1.48. The lowest BCUT2D eigenvalue weighted by atomic mass is 9.81. The van der Waals surface area contributed by atoms with Crippen LogP contribution < -0.4 is 0 Å². The Hall–Kier alpha value is -0.160. The summed E-state index contributed by atoms with van der Waals surface area (Å²) in [5, 5.41) is 36.7. The summed E-state index contributed by atoms with van der Waals surface area (Å²) in [4.78, 5) is 0. The van der Waals surface area contributed by atoms with Gasteiger partial charge in [0.1, 0.15) is 6.10 Å². The molecule has 4 atom stereocenters. The van der Waals surface area contributed by atoms with E-state index in [2.05, 4.69) is 0 Å². The average Bonchev–Trinajstić information content (AvgIpc) is 1.81. The number of hydrogen-bond acceptors (Lipinski definition) is 4. The third kappa shape index (κ3) is 1.90. The van der Waals surface area contributed by atoms with Crippen LogP contribution in [0.25, 0.3) is 0 Å². The molecule has 11 heavy (non-hydrogen) atoms. The van der Waals surface area contributed by atoms with Gasteiger partial charge in [-0.1, -0.05) is 0 Å². The Kier molecular flexibility index (Phi) is 2.20. The molecule has 1 fully saturated rings. The van der Waals surface area contributed by atoms with Gasteiger partial charge in [0.05, 0.1) is 17.8 Å². The standard InChI is InChI=1S/C7H14O4/c1-7(11)2-4(8)6(10)5(9)3-7/h4-6,8-11H,2-3H2,1H3/t4-,5+,6?,7-. The second-order valence-electron chi connectivity index (χ2n) is 3.53. The minimum Gasteiger partial charge on any atom is -0.390 e. The van der Waals surface area contributed by atoms with Crippen molar-refractivity contribution in [1.82, 2.24) is 0 Å². The zero-order valence-electron chi connectivity index (χ0n) is 6.44. The number of rotatable bonds is 0. The lowest BCUT2D eigenvalue weighted by molar-refractivity contribution is -0.147. The zero-order chi connectivity index (χ0) is 8.65. The minimum atomic E-state index is -1.12. The van der Waals surface area contributed by atoms with E-state index in [0.717, 1.165) is 0 Å². The molecule has 1 unspecified atom stereocenters. The molecule has 1 rings (SSSR count). The molecule has 4 heteroatoms. The van der Waals surface area contributed by atoms with Crippen molar-refractivity contribution in [2.45, 2.75) is 43.7 Å². The maximum Gasteiger partial charge on any atom is 0.106 e. The van der Waals surface area contributed by atoms with E-state index >= 15 is 0 Å². The summed E-state index contributed by atoms with van der Waals surface area (Å²) in [5.74, 6) is 0. The van der Waals surface area contributed by atoms with Gasteiger partial charge in [-0.05, 0) is 6.92 Å². The Bertz CT molecular complexity index is 131. The Morgan fingerprint density at radius 3 is 1.82 bits per heavy atom. The van der Waals surface area contributed by atoms with Gasteiger partial charge in [-0.3, -0.25) is 0 Å². The van der Waals surface area contributed by atoms with Crippen LogP contribution in [0.4, 0.5) is 0 Å². The van der Waals surface area contributed by atoms with Crippen LogP contribution in [0.5, 0.6) is 0 Å².